The first kappa shape index (κ1) is 18.7. The lowest BCUT2D eigenvalue weighted by molar-refractivity contribution is -0.274. The van der Waals surface area contributed by atoms with Gasteiger partial charge < -0.3 is 14.2 Å². The van der Waals surface area contributed by atoms with Crippen LogP contribution in [0.4, 0.5) is 18.9 Å². The van der Waals surface area contributed by atoms with E-state index in [0.29, 0.717) is 5.75 Å². The molecular formula is C15H14F3NO5S. The van der Waals surface area contributed by atoms with E-state index in [2.05, 4.69) is 9.46 Å². The molecule has 1 N–H and O–H groups in total. The average Bonchev–Trinajstić information content (AvgIpc) is 2.54. The molecule has 2 aromatic carbocycles. The fourth-order valence-corrected chi connectivity index (χ4v) is 2.98. The topological polar surface area (TPSA) is 73.9 Å². The van der Waals surface area contributed by atoms with Gasteiger partial charge in [-0.05, 0) is 36.4 Å². The first-order valence-electron chi connectivity index (χ1n) is 6.75. The van der Waals surface area contributed by atoms with Gasteiger partial charge in [0, 0.05) is 6.07 Å². The van der Waals surface area contributed by atoms with E-state index in [1.807, 2.05) is 0 Å². The van der Waals surface area contributed by atoms with Crippen molar-refractivity contribution in [1.82, 2.24) is 0 Å². The Morgan fingerprint density at radius 1 is 0.920 bits per heavy atom. The maximum atomic E-state index is 12.4. The predicted molar refractivity (Wildman–Crippen MR) is 83.5 cm³/mol. The number of hydrogen-bond acceptors (Lipinski definition) is 5. The maximum absolute atomic E-state index is 12.4. The molecule has 0 saturated carbocycles. The molecule has 0 atom stereocenters. The summed E-state index contributed by atoms with van der Waals surface area (Å²) >= 11 is 0. The van der Waals surface area contributed by atoms with Crippen molar-refractivity contribution in [3.05, 3.63) is 42.5 Å². The number of anilines is 1. The minimum absolute atomic E-state index is 0.152. The van der Waals surface area contributed by atoms with Gasteiger partial charge >= 0.3 is 6.36 Å². The Bertz CT molecular complexity index is 835. The number of hydrogen-bond donors (Lipinski definition) is 1. The zero-order chi connectivity index (χ0) is 18.7. The highest BCUT2D eigenvalue weighted by Gasteiger charge is 2.31. The number of alkyl halides is 3. The molecule has 0 bridgehead atoms. The van der Waals surface area contributed by atoms with Crippen LogP contribution in [0.2, 0.25) is 0 Å². The van der Waals surface area contributed by atoms with Crippen molar-refractivity contribution in [1.29, 1.82) is 0 Å². The van der Waals surface area contributed by atoms with E-state index in [0.717, 1.165) is 24.3 Å². The van der Waals surface area contributed by atoms with E-state index in [4.69, 9.17) is 9.47 Å². The van der Waals surface area contributed by atoms with Gasteiger partial charge in [0.2, 0.25) is 0 Å². The number of methoxy groups -OCH3 is 2. The van der Waals surface area contributed by atoms with Crippen molar-refractivity contribution in [3.8, 4) is 17.2 Å². The van der Waals surface area contributed by atoms with Gasteiger partial charge in [-0.1, -0.05) is 0 Å². The van der Waals surface area contributed by atoms with Crippen LogP contribution in [0.25, 0.3) is 0 Å². The van der Waals surface area contributed by atoms with E-state index in [1.165, 1.54) is 32.4 Å². The van der Waals surface area contributed by atoms with Crippen LogP contribution in [-0.2, 0) is 10.0 Å². The van der Waals surface area contributed by atoms with Crippen LogP contribution in [0.1, 0.15) is 0 Å². The molecule has 2 rings (SSSR count). The van der Waals surface area contributed by atoms with Crippen LogP contribution in [0, 0.1) is 0 Å². The van der Waals surface area contributed by atoms with Crippen molar-refractivity contribution in [2.75, 3.05) is 18.9 Å². The Labute approximate surface area is 142 Å². The first-order chi connectivity index (χ1) is 11.6. The SMILES string of the molecule is COc1ccc(NS(=O)(=O)c2ccc(OC(F)(F)F)cc2)c(OC)c1. The molecule has 10 heteroatoms. The van der Waals surface area contributed by atoms with E-state index in [-0.39, 0.29) is 16.3 Å². The summed E-state index contributed by atoms with van der Waals surface area (Å²) in [5, 5.41) is 0. The molecule has 0 radical (unpaired) electrons. The molecule has 136 valence electrons. The molecule has 0 aliphatic carbocycles. The lowest BCUT2D eigenvalue weighted by atomic mass is 10.3. The predicted octanol–water partition coefficient (Wildman–Crippen LogP) is 3.40. The summed E-state index contributed by atoms with van der Waals surface area (Å²) in [7, 11) is -1.23. The van der Waals surface area contributed by atoms with E-state index < -0.39 is 22.1 Å². The second-order valence-electron chi connectivity index (χ2n) is 4.69. The number of benzene rings is 2. The Morgan fingerprint density at radius 2 is 1.52 bits per heavy atom. The highest BCUT2D eigenvalue weighted by Crippen LogP contribution is 2.31. The Balaban J connectivity index is 2.25. The van der Waals surface area contributed by atoms with Crippen LogP contribution in [-0.4, -0.2) is 29.0 Å². The van der Waals surface area contributed by atoms with E-state index >= 15 is 0 Å². The standard InChI is InChI=1S/C15H14F3NO5S/c1-22-11-5-8-13(14(9-11)23-2)19-25(20,21)12-6-3-10(4-7-12)24-15(16,17)18/h3-9,19H,1-2H3. The Hall–Kier alpha value is -2.62. The van der Waals surface area contributed by atoms with Crippen LogP contribution in [0.5, 0.6) is 17.2 Å². The number of nitrogens with one attached hydrogen (secondary N) is 1. The largest absolute Gasteiger partial charge is 0.573 e. The molecule has 2 aromatic rings. The molecule has 0 amide bonds. The number of ether oxygens (including phenoxy) is 3. The van der Waals surface area contributed by atoms with Crippen molar-refractivity contribution in [3.63, 3.8) is 0 Å². The summed E-state index contributed by atoms with van der Waals surface area (Å²) in [4.78, 5) is -0.236. The third kappa shape index (κ3) is 4.92. The highest BCUT2D eigenvalue weighted by atomic mass is 32.2. The van der Waals surface area contributed by atoms with Crippen molar-refractivity contribution < 1.29 is 35.8 Å². The maximum Gasteiger partial charge on any atom is 0.573 e. The molecule has 6 nitrogen and oxygen atoms in total. The van der Waals surface area contributed by atoms with Gasteiger partial charge in [0.1, 0.15) is 17.2 Å². The number of sulfonamides is 1. The summed E-state index contributed by atoms with van der Waals surface area (Å²) < 4.78 is 77.2. The molecule has 0 spiro atoms. The third-order valence-corrected chi connectivity index (χ3v) is 4.40. The van der Waals surface area contributed by atoms with Gasteiger partial charge in [0.05, 0.1) is 24.8 Å². The zero-order valence-corrected chi connectivity index (χ0v) is 13.9. The normalized spacial score (nSPS) is 11.7. The lowest BCUT2D eigenvalue weighted by Gasteiger charge is -2.13. The molecular weight excluding hydrogens is 363 g/mol. The lowest BCUT2D eigenvalue weighted by Crippen LogP contribution is -2.17. The summed E-state index contributed by atoms with van der Waals surface area (Å²) in [5.41, 5.74) is 0.152. The van der Waals surface area contributed by atoms with Crippen LogP contribution >= 0.6 is 0 Å². The Kier molecular flexibility index (Phi) is 5.31. The van der Waals surface area contributed by atoms with E-state index in [9.17, 15) is 21.6 Å². The number of halogens is 3. The van der Waals surface area contributed by atoms with Crippen molar-refractivity contribution in [2.24, 2.45) is 0 Å². The summed E-state index contributed by atoms with van der Waals surface area (Å²) in [6.07, 6.45) is -4.85. The summed E-state index contributed by atoms with van der Waals surface area (Å²) in [6.45, 7) is 0. The summed E-state index contributed by atoms with van der Waals surface area (Å²) in [6, 6.07) is 8.27. The molecule has 0 unspecified atom stereocenters. The van der Waals surface area contributed by atoms with Gasteiger partial charge in [0.15, 0.2) is 0 Å². The minimum atomic E-state index is -4.85. The van der Waals surface area contributed by atoms with Gasteiger partial charge in [-0.25, -0.2) is 8.42 Å². The van der Waals surface area contributed by atoms with Crippen LogP contribution in [0.15, 0.2) is 47.4 Å². The van der Waals surface area contributed by atoms with Gasteiger partial charge in [-0.2, -0.15) is 0 Å². The minimum Gasteiger partial charge on any atom is -0.497 e. The zero-order valence-electron chi connectivity index (χ0n) is 13.1. The molecule has 0 saturated heterocycles. The van der Waals surface area contributed by atoms with E-state index in [1.54, 1.807) is 0 Å². The quantitative estimate of drug-likeness (QED) is 0.835. The first-order valence-corrected chi connectivity index (χ1v) is 8.23. The average molecular weight is 377 g/mol. The molecule has 0 fully saturated rings. The second-order valence-corrected chi connectivity index (χ2v) is 6.37. The van der Waals surface area contributed by atoms with Crippen molar-refractivity contribution >= 4 is 15.7 Å². The molecule has 0 aliphatic heterocycles. The van der Waals surface area contributed by atoms with Crippen LogP contribution < -0.4 is 18.9 Å². The number of rotatable bonds is 6. The van der Waals surface area contributed by atoms with Gasteiger partial charge in [-0.3, -0.25) is 4.72 Å². The smallest absolute Gasteiger partial charge is 0.497 e. The molecule has 0 heterocycles. The monoisotopic (exact) mass is 377 g/mol. The van der Waals surface area contributed by atoms with Gasteiger partial charge in [0.25, 0.3) is 10.0 Å². The highest BCUT2D eigenvalue weighted by molar-refractivity contribution is 7.92. The Morgan fingerprint density at radius 3 is 2.04 bits per heavy atom. The fourth-order valence-electron chi connectivity index (χ4n) is 1.91. The second kappa shape index (κ2) is 7.09. The van der Waals surface area contributed by atoms with Crippen molar-refractivity contribution in [2.45, 2.75) is 11.3 Å². The molecule has 0 aromatic heterocycles. The molecule has 25 heavy (non-hydrogen) atoms. The fraction of sp³-hybridized carbons (Fsp3) is 0.200. The molecule has 0 aliphatic rings. The van der Waals surface area contributed by atoms with Gasteiger partial charge in [-0.15, -0.1) is 13.2 Å². The summed E-state index contributed by atoms with van der Waals surface area (Å²) in [5.74, 6) is 0.168. The third-order valence-electron chi connectivity index (χ3n) is 3.02. The van der Waals surface area contributed by atoms with Crippen LogP contribution in [0.3, 0.4) is 0 Å².